The van der Waals surface area contributed by atoms with Gasteiger partial charge in [0, 0.05) is 4.47 Å². The van der Waals surface area contributed by atoms with Crippen LogP contribution in [0.1, 0.15) is 64.5 Å². The van der Waals surface area contributed by atoms with Crippen LogP contribution in [0.3, 0.4) is 0 Å². The van der Waals surface area contributed by atoms with E-state index in [4.69, 9.17) is 9.31 Å². The van der Waals surface area contributed by atoms with E-state index < -0.39 is 0 Å². The number of halogens is 1. The first-order valence-electron chi connectivity index (χ1n) is 10.6. The number of hydrogen-bond acceptors (Lipinski definition) is 2. The molecule has 4 rings (SSSR count). The third-order valence-corrected chi connectivity index (χ3v) is 6.85. The summed E-state index contributed by atoms with van der Waals surface area (Å²) in [6.45, 7) is 8.43. The third kappa shape index (κ3) is 5.84. The van der Waals surface area contributed by atoms with Gasteiger partial charge in [-0.05, 0) is 82.5 Å². The highest BCUT2D eigenvalue weighted by Gasteiger charge is 2.52. The number of benzene rings is 2. The lowest BCUT2D eigenvalue weighted by Crippen LogP contribution is -2.41. The van der Waals surface area contributed by atoms with E-state index in [0.717, 1.165) is 12.8 Å². The fraction of sp³-hybridized carbons (Fsp3) is 0.440. The summed E-state index contributed by atoms with van der Waals surface area (Å²) in [6, 6.07) is 18.8. The van der Waals surface area contributed by atoms with E-state index in [-0.39, 0.29) is 18.3 Å². The highest BCUT2D eigenvalue weighted by atomic mass is 79.9. The van der Waals surface area contributed by atoms with Crippen LogP contribution in [-0.4, -0.2) is 18.3 Å². The van der Waals surface area contributed by atoms with Gasteiger partial charge in [0.25, 0.3) is 0 Å². The molecule has 0 atom stereocenters. The van der Waals surface area contributed by atoms with Crippen LogP contribution < -0.4 is 0 Å². The first-order valence-corrected chi connectivity index (χ1v) is 11.4. The van der Waals surface area contributed by atoms with Gasteiger partial charge in [0.1, 0.15) is 0 Å². The van der Waals surface area contributed by atoms with Gasteiger partial charge in [0.15, 0.2) is 0 Å². The molecule has 0 N–H and O–H groups in total. The molecule has 4 heteroatoms. The maximum atomic E-state index is 6.01. The van der Waals surface area contributed by atoms with Crippen molar-refractivity contribution in [1.29, 1.82) is 0 Å². The van der Waals surface area contributed by atoms with E-state index in [1.807, 2.05) is 12.1 Å². The third-order valence-electron chi connectivity index (χ3n) is 6.08. The Hall–Kier alpha value is -1.36. The van der Waals surface area contributed by atoms with Gasteiger partial charge in [-0.1, -0.05) is 70.5 Å². The lowest BCUT2D eigenvalue weighted by atomic mass is 9.73. The molecular weight excluding hydrogens is 423 g/mol. The minimum absolute atomic E-state index is 0.102. The molecular formula is C25H32BBrO2. The molecule has 2 aliphatic rings. The summed E-state index contributed by atoms with van der Waals surface area (Å²) in [7, 11) is -0.102. The molecule has 0 aromatic heterocycles. The average molecular weight is 455 g/mol. The number of allylic oxidation sites excluding steroid dienone is 2. The molecule has 2 aromatic rings. The van der Waals surface area contributed by atoms with E-state index in [1.165, 1.54) is 40.3 Å². The van der Waals surface area contributed by atoms with Crippen LogP contribution in [-0.2, 0) is 15.7 Å². The second kappa shape index (κ2) is 9.64. The molecule has 29 heavy (non-hydrogen) atoms. The van der Waals surface area contributed by atoms with Crippen LogP contribution in [0.2, 0.25) is 0 Å². The van der Waals surface area contributed by atoms with Gasteiger partial charge in [0.2, 0.25) is 0 Å². The second-order valence-corrected chi connectivity index (χ2v) is 9.72. The van der Waals surface area contributed by atoms with Gasteiger partial charge in [-0.2, -0.15) is 0 Å². The summed E-state index contributed by atoms with van der Waals surface area (Å²) in [5.74, 6) is 0. The Morgan fingerprint density at radius 2 is 1.48 bits per heavy atom. The van der Waals surface area contributed by atoms with Gasteiger partial charge in [-0.15, -0.1) is 0 Å². The number of hydrogen-bond donors (Lipinski definition) is 0. The molecule has 0 radical (unpaired) electrons. The zero-order valence-electron chi connectivity index (χ0n) is 18.1. The van der Waals surface area contributed by atoms with Crippen molar-refractivity contribution >= 4 is 23.0 Å². The predicted molar refractivity (Wildman–Crippen MR) is 126 cm³/mol. The normalized spacial score (nSPS) is 19.9. The van der Waals surface area contributed by atoms with Crippen LogP contribution in [0.25, 0.3) is 0 Å². The largest absolute Gasteiger partial charge is 0.490 e. The lowest BCUT2D eigenvalue weighted by molar-refractivity contribution is 0.00578. The molecule has 1 aliphatic heterocycles. The summed E-state index contributed by atoms with van der Waals surface area (Å²) in [5, 5.41) is 0. The van der Waals surface area contributed by atoms with Crippen LogP contribution in [0.15, 0.2) is 70.6 Å². The smallest absolute Gasteiger partial charge is 0.400 e. The molecule has 154 valence electrons. The molecule has 2 nitrogen and oxygen atoms in total. The van der Waals surface area contributed by atoms with Gasteiger partial charge in [-0.3, -0.25) is 0 Å². The monoisotopic (exact) mass is 454 g/mol. The maximum Gasteiger partial charge on any atom is 0.490 e. The van der Waals surface area contributed by atoms with E-state index in [0.29, 0.717) is 0 Å². The zero-order valence-corrected chi connectivity index (χ0v) is 19.7. The molecule has 0 unspecified atom stereocenters. The Balaban J connectivity index is 0.000000166. The average Bonchev–Trinajstić information content (AvgIpc) is 2.93. The molecule has 0 spiro atoms. The molecule has 1 heterocycles. The molecule has 0 saturated carbocycles. The predicted octanol–water partition coefficient (Wildman–Crippen LogP) is 7.16. The van der Waals surface area contributed by atoms with E-state index in [9.17, 15) is 0 Å². The van der Waals surface area contributed by atoms with Gasteiger partial charge in [0.05, 0.1) is 11.2 Å². The summed E-state index contributed by atoms with van der Waals surface area (Å²) < 4.78 is 13.2. The minimum atomic E-state index is -0.198. The first-order chi connectivity index (χ1) is 13.8. The summed E-state index contributed by atoms with van der Waals surface area (Å²) in [4.78, 5) is 0. The highest BCUT2D eigenvalue weighted by Crippen LogP contribution is 2.40. The zero-order chi connectivity index (χ0) is 20.9. The van der Waals surface area contributed by atoms with Crippen molar-refractivity contribution in [3.63, 3.8) is 0 Å². The highest BCUT2D eigenvalue weighted by molar-refractivity contribution is 9.10. The molecule has 0 bridgehead atoms. The Morgan fingerprint density at radius 1 is 0.862 bits per heavy atom. The van der Waals surface area contributed by atoms with Crippen LogP contribution >= 0.6 is 15.9 Å². The quantitative estimate of drug-likeness (QED) is 0.458. The van der Waals surface area contributed by atoms with Crippen molar-refractivity contribution in [1.82, 2.24) is 0 Å². The summed E-state index contributed by atoms with van der Waals surface area (Å²) >= 11 is 3.55. The van der Waals surface area contributed by atoms with Crippen molar-refractivity contribution in [3.8, 4) is 0 Å². The van der Waals surface area contributed by atoms with E-state index >= 15 is 0 Å². The Kier molecular flexibility index (Phi) is 7.42. The summed E-state index contributed by atoms with van der Waals surface area (Å²) in [6.07, 6.45) is 8.18. The van der Waals surface area contributed by atoms with Crippen LogP contribution in [0, 0.1) is 0 Å². The lowest BCUT2D eigenvalue weighted by Gasteiger charge is -2.32. The second-order valence-electron chi connectivity index (χ2n) is 8.87. The SMILES string of the molecule is Brc1ccccc1Cc1ccccc1.CC1(C)OB(C2=CCCCC2)OC1(C)C. The van der Waals surface area contributed by atoms with Gasteiger partial charge < -0.3 is 9.31 Å². The number of rotatable bonds is 3. The summed E-state index contributed by atoms with van der Waals surface area (Å²) in [5.41, 5.74) is 3.63. The standard InChI is InChI=1S/C13H11Br.C12H21BO2/c14-13-9-5-4-8-12(13)10-11-6-2-1-3-7-11;1-11(2)12(3,4)15-13(14-11)10-8-6-5-7-9-10/h1-9H,10H2;8H,5-7,9H2,1-4H3. The fourth-order valence-electron chi connectivity index (χ4n) is 3.53. The molecule has 0 amide bonds. The molecule has 1 fully saturated rings. The van der Waals surface area contributed by atoms with E-state index in [2.05, 4.69) is 92.2 Å². The Bertz CT molecular complexity index is 814. The topological polar surface area (TPSA) is 18.5 Å². The molecule has 1 saturated heterocycles. The van der Waals surface area contributed by atoms with Crippen molar-refractivity contribution in [2.75, 3.05) is 0 Å². The Morgan fingerprint density at radius 3 is 2.07 bits per heavy atom. The van der Waals surface area contributed by atoms with Crippen LogP contribution in [0.4, 0.5) is 0 Å². The molecule has 2 aromatic carbocycles. The van der Waals surface area contributed by atoms with Crippen LogP contribution in [0.5, 0.6) is 0 Å². The molecule has 1 aliphatic carbocycles. The maximum absolute atomic E-state index is 6.01. The Labute approximate surface area is 185 Å². The van der Waals surface area contributed by atoms with E-state index in [1.54, 1.807) is 0 Å². The van der Waals surface area contributed by atoms with Gasteiger partial charge in [-0.25, -0.2) is 0 Å². The van der Waals surface area contributed by atoms with Crippen molar-refractivity contribution in [2.24, 2.45) is 0 Å². The fourth-order valence-corrected chi connectivity index (χ4v) is 3.95. The van der Waals surface area contributed by atoms with Crippen molar-refractivity contribution in [2.45, 2.75) is 71.0 Å². The van der Waals surface area contributed by atoms with Crippen molar-refractivity contribution < 1.29 is 9.31 Å². The minimum Gasteiger partial charge on any atom is -0.400 e. The first kappa shape index (κ1) is 22.3. The van der Waals surface area contributed by atoms with Crippen molar-refractivity contribution in [3.05, 3.63) is 81.7 Å². The van der Waals surface area contributed by atoms with Gasteiger partial charge >= 0.3 is 7.12 Å².